The third-order valence-corrected chi connectivity index (χ3v) is 3.66. The lowest BCUT2D eigenvalue weighted by Crippen LogP contribution is -1.96. The Morgan fingerprint density at radius 3 is 2.74 bits per heavy atom. The van der Waals surface area contributed by atoms with E-state index in [1.807, 2.05) is 30.7 Å². The van der Waals surface area contributed by atoms with Gasteiger partial charge in [0.25, 0.3) is 0 Å². The molecule has 3 rings (SSSR count). The molecule has 2 heterocycles. The fraction of sp³-hybridized carbons (Fsp3) is 0.214. The van der Waals surface area contributed by atoms with Gasteiger partial charge < -0.3 is 4.57 Å². The highest BCUT2D eigenvalue weighted by Gasteiger charge is 2.12. The maximum Gasteiger partial charge on any atom is 0.195 e. The van der Waals surface area contributed by atoms with E-state index in [4.69, 9.17) is 12.2 Å². The van der Waals surface area contributed by atoms with Crippen molar-refractivity contribution in [2.45, 2.75) is 13.8 Å². The number of aromatic nitrogens is 4. The van der Waals surface area contributed by atoms with Crippen LogP contribution in [0.4, 0.5) is 0 Å². The van der Waals surface area contributed by atoms with Gasteiger partial charge in [0.2, 0.25) is 0 Å². The molecule has 0 aliphatic rings. The molecule has 2 aromatic heterocycles. The van der Waals surface area contributed by atoms with E-state index in [-0.39, 0.29) is 0 Å². The van der Waals surface area contributed by atoms with Gasteiger partial charge in [0.05, 0.1) is 5.52 Å². The molecule has 0 radical (unpaired) electrons. The minimum Gasteiger partial charge on any atom is -0.303 e. The van der Waals surface area contributed by atoms with E-state index in [9.17, 15) is 0 Å². The van der Waals surface area contributed by atoms with Crippen molar-refractivity contribution < 1.29 is 0 Å². The van der Waals surface area contributed by atoms with Crippen LogP contribution in [-0.4, -0.2) is 19.7 Å². The van der Waals surface area contributed by atoms with Crippen LogP contribution in [0.25, 0.3) is 22.3 Å². The van der Waals surface area contributed by atoms with Gasteiger partial charge in [-0.25, -0.2) is 0 Å². The highest BCUT2D eigenvalue weighted by Crippen LogP contribution is 2.28. The molecule has 0 amide bonds. The minimum atomic E-state index is 0.616. The average molecular weight is 270 g/mol. The molecule has 3 aromatic rings. The zero-order valence-corrected chi connectivity index (χ0v) is 11.9. The molecule has 4 nitrogen and oxygen atoms in total. The van der Waals surface area contributed by atoms with Gasteiger partial charge in [-0.05, 0) is 37.7 Å². The van der Waals surface area contributed by atoms with Gasteiger partial charge in [-0.2, -0.15) is 5.10 Å². The highest BCUT2D eigenvalue weighted by atomic mass is 32.1. The Hall–Kier alpha value is -2.01. The maximum atomic E-state index is 5.18. The summed E-state index contributed by atoms with van der Waals surface area (Å²) in [6.45, 7) is 4.07. The maximum absolute atomic E-state index is 5.18. The van der Waals surface area contributed by atoms with E-state index in [0.717, 1.165) is 28.0 Å². The number of nitrogens with one attached hydrogen (secondary N) is 1. The molecule has 1 aromatic carbocycles. The third-order valence-electron chi connectivity index (χ3n) is 3.29. The number of para-hydroxylation sites is 1. The summed E-state index contributed by atoms with van der Waals surface area (Å²) < 4.78 is 2.50. The van der Waals surface area contributed by atoms with Crippen LogP contribution in [0.3, 0.4) is 0 Å². The largest absolute Gasteiger partial charge is 0.303 e. The highest BCUT2D eigenvalue weighted by molar-refractivity contribution is 7.71. The number of aromatic amines is 1. The molecular weight excluding hydrogens is 256 g/mol. The third kappa shape index (κ3) is 1.86. The van der Waals surface area contributed by atoms with Crippen molar-refractivity contribution in [3.05, 3.63) is 40.3 Å². The van der Waals surface area contributed by atoms with Crippen LogP contribution in [0, 0.1) is 18.6 Å². The zero-order valence-electron chi connectivity index (χ0n) is 11.1. The Balaban J connectivity index is 2.44. The van der Waals surface area contributed by atoms with Gasteiger partial charge >= 0.3 is 0 Å². The molecule has 0 spiro atoms. The molecule has 0 unspecified atom stereocenters. The van der Waals surface area contributed by atoms with Crippen LogP contribution < -0.4 is 0 Å². The van der Waals surface area contributed by atoms with E-state index < -0.39 is 0 Å². The number of pyridine rings is 1. The molecule has 19 heavy (non-hydrogen) atoms. The van der Waals surface area contributed by atoms with Crippen molar-refractivity contribution >= 4 is 23.1 Å². The number of hydrogen-bond acceptors (Lipinski definition) is 3. The first-order valence-electron chi connectivity index (χ1n) is 6.06. The number of nitrogens with zero attached hydrogens (tertiary/aromatic N) is 3. The SMILES string of the molecule is Cc1cc(-c2n[nH]c(=S)n2C)c2cccc(C)c2n1. The molecular formula is C14H14N4S. The van der Waals surface area contributed by atoms with Crippen molar-refractivity contribution in [1.82, 2.24) is 19.7 Å². The molecule has 0 saturated heterocycles. The normalized spacial score (nSPS) is 11.1. The van der Waals surface area contributed by atoms with Crippen LogP contribution >= 0.6 is 12.2 Å². The van der Waals surface area contributed by atoms with E-state index in [0.29, 0.717) is 4.77 Å². The van der Waals surface area contributed by atoms with Crippen LogP contribution in [-0.2, 0) is 7.05 Å². The molecule has 0 aliphatic carbocycles. The fourth-order valence-corrected chi connectivity index (χ4v) is 2.42. The monoisotopic (exact) mass is 270 g/mol. The predicted octanol–water partition coefficient (Wildman–Crippen LogP) is 3.31. The summed E-state index contributed by atoms with van der Waals surface area (Å²) in [6, 6.07) is 8.23. The Kier molecular flexibility index (Phi) is 2.71. The van der Waals surface area contributed by atoms with E-state index >= 15 is 0 Å². The molecule has 96 valence electrons. The quantitative estimate of drug-likeness (QED) is 0.690. The second-order valence-corrected chi connectivity index (χ2v) is 5.08. The van der Waals surface area contributed by atoms with Crippen molar-refractivity contribution in [1.29, 1.82) is 0 Å². The van der Waals surface area contributed by atoms with Crippen molar-refractivity contribution in [2.24, 2.45) is 7.05 Å². The zero-order chi connectivity index (χ0) is 13.6. The fourth-order valence-electron chi connectivity index (χ4n) is 2.29. The number of benzene rings is 1. The lowest BCUT2D eigenvalue weighted by atomic mass is 10.0. The van der Waals surface area contributed by atoms with Gasteiger partial charge in [-0.15, -0.1) is 0 Å². The van der Waals surface area contributed by atoms with Gasteiger partial charge in [-0.1, -0.05) is 18.2 Å². The summed E-state index contributed by atoms with van der Waals surface area (Å²) in [5.41, 5.74) is 4.22. The van der Waals surface area contributed by atoms with Crippen LogP contribution in [0.2, 0.25) is 0 Å². The lowest BCUT2D eigenvalue weighted by molar-refractivity contribution is 0.902. The summed E-state index contributed by atoms with van der Waals surface area (Å²) in [5.74, 6) is 0.839. The van der Waals surface area contributed by atoms with E-state index in [1.165, 1.54) is 5.56 Å². The van der Waals surface area contributed by atoms with Gasteiger partial charge in [0.1, 0.15) is 0 Å². The minimum absolute atomic E-state index is 0.616. The molecule has 0 bridgehead atoms. The van der Waals surface area contributed by atoms with Crippen LogP contribution in [0.1, 0.15) is 11.3 Å². The Bertz CT molecular complexity index is 829. The first kappa shape index (κ1) is 12.0. The van der Waals surface area contributed by atoms with Gasteiger partial charge in [0, 0.05) is 23.7 Å². The lowest BCUT2D eigenvalue weighted by Gasteiger charge is -2.09. The standard InChI is InChI=1S/C14H14N4S/c1-8-5-4-6-10-11(7-9(2)15-12(8)10)13-16-17-14(19)18(13)3/h4-7H,1-3H3,(H,17,19). The molecule has 0 saturated carbocycles. The average Bonchev–Trinajstić information content (AvgIpc) is 2.70. The number of fused-ring (bicyclic) bond motifs is 1. The summed E-state index contributed by atoms with van der Waals surface area (Å²) in [7, 11) is 1.92. The Morgan fingerprint density at radius 2 is 2.05 bits per heavy atom. The molecule has 1 N–H and O–H groups in total. The second-order valence-electron chi connectivity index (χ2n) is 4.69. The number of rotatable bonds is 1. The molecule has 0 aliphatic heterocycles. The number of hydrogen-bond donors (Lipinski definition) is 1. The number of aryl methyl sites for hydroxylation is 2. The first-order chi connectivity index (χ1) is 9.08. The van der Waals surface area contributed by atoms with E-state index in [1.54, 1.807) is 0 Å². The first-order valence-corrected chi connectivity index (χ1v) is 6.47. The molecule has 0 atom stereocenters. The summed E-state index contributed by atoms with van der Waals surface area (Å²) in [4.78, 5) is 4.62. The van der Waals surface area contributed by atoms with Crippen molar-refractivity contribution in [3.63, 3.8) is 0 Å². The predicted molar refractivity (Wildman–Crippen MR) is 78.6 cm³/mol. The van der Waals surface area contributed by atoms with Gasteiger partial charge in [-0.3, -0.25) is 10.1 Å². The van der Waals surface area contributed by atoms with Crippen LogP contribution in [0.5, 0.6) is 0 Å². The Morgan fingerprint density at radius 1 is 1.26 bits per heavy atom. The summed E-state index contributed by atoms with van der Waals surface area (Å²) >= 11 is 5.18. The molecule has 5 heteroatoms. The second kappa shape index (κ2) is 4.28. The number of H-pyrrole nitrogens is 1. The smallest absolute Gasteiger partial charge is 0.195 e. The van der Waals surface area contributed by atoms with Crippen LogP contribution in [0.15, 0.2) is 24.3 Å². The van der Waals surface area contributed by atoms with E-state index in [2.05, 4.69) is 34.2 Å². The van der Waals surface area contributed by atoms with Crippen molar-refractivity contribution in [3.8, 4) is 11.4 Å². The van der Waals surface area contributed by atoms with Gasteiger partial charge in [0.15, 0.2) is 10.6 Å². The summed E-state index contributed by atoms with van der Waals surface area (Å²) in [6.07, 6.45) is 0. The Labute approximate surface area is 116 Å². The summed E-state index contributed by atoms with van der Waals surface area (Å²) in [5, 5.41) is 8.25. The van der Waals surface area contributed by atoms with Crippen molar-refractivity contribution in [2.75, 3.05) is 0 Å². The topological polar surface area (TPSA) is 46.5 Å². The molecule has 0 fully saturated rings.